The molecule has 0 amide bonds. The lowest BCUT2D eigenvalue weighted by Crippen LogP contribution is -2.10. The van der Waals surface area contributed by atoms with Crippen molar-refractivity contribution in [1.29, 1.82) is 0 Å². The molecule has 0 bridgehead atoms. The predicted octanol–water partition coefficient (Wildman–Crippen LogP) is 5.93. The maximum Gasteiger partial charge on any atom is 0.191 e. The molecule has 0 aliphatic rings. The fraction of sp³-hybridized carbons (Fsp3) is 0.174. The first-order valence-electron chi connectivity index (χ1n) is 9.78. The number of benzene rings is 2. The molecule has 0 saturated carbocycles. The Labute approximate surface area is 204 Å². The number of nitrogens with zero attached hydrogens (tertiary/aromatic N) is 3. The molecule has 0 N–H and O–H groups in total. The molecule has 32 heavy (non-hydrogen) atoms. The number of hydrogen-bond acceptors (Lipinski definition) is 5. The van der Waals surface area contributed by atoms with E-state index in [1.165, 1.54) is 18.2 Å². The summed E-state index contributed by atoms with van der Waals surface area (Å²) in [6, 6.07) is 11.3. The van der Waals surface area contributed by atoms with E-state index in [1.807, 2.05) is 19.1 Å². The van der Waals surface area contributed by atoms with Gasteiger partial charge in [-0.25, -0.2) is 22.8 Å². The minimum absolute atomic E-state index is 0.0404. The predicted molar refractivity (Wildman–Crippen MR) is 132 cm³/mol. The molecule has 4 rings (SSSR count). The number of aromatic nitrogens is 3. The van der Waals surface area contributed by atoms with Gasteiger partial charge in [0.05, 0.1) is 21.1 Å². The quantitative estimate of drug-likeness (QED) is 0.216. The molecule has 0 spiro atoms. The summed E-state index contributed by atoms with van der Waals surface area (Å²) in [5.41, 5.74) is 3.65. The Hall–Kier alpha value is -2.17. The van der Waals surface area contributed by atoms with Gasteiger partial charge in [0.1, 0.15) is 11.6 Å². The van der Waals surface area contributed by atoms with Crippen LogP contribution >= 0.6 is 34.2 Å². The van der Waals surface area contributed by atoms with Gasteiger partial charge in [0, 0.05) is 45.4 Å². The zero-order valence-corrected chi connectivity index (χ0v) is 21.0. The van der Waals surface area contributed by atoms with E-state index in [4.69, 9.17) is 11.6 Å². The average molecular weight is 582 g/mol. The van der Waals surface area contributed by atoms with Crippen LogP contribution in [0.4, 0.5) is 4.39 Å². The lowest BCUT2D eigenvalue weighted by Gasteiger charge is -2.13. The van der Waals surface area contributed by atoms with Crippen LogP contribution in [0.2, 0.25) is 5.02 Å². The Morgan fingerprint density at radius 3 is 2.59 bits per heavy atom. The first kappa shape index (κ1) is 23.0. The van der Waals surface area contributed by atoms with E-state index >= 15 is 4.39 Å². The Morgan fingerprint density at radius 2 is 1.88 bits per heavy atom. The Kier molecular flexibility index (Phi) is 6.46. The van der Waals surface area contributed by atoms with E-state index in [-0.39, 0.29) is 15.6 Å². The standard InChI is InChI=1S/C23H18ClFIN3O2S/c1-3-14-8-15(9-16-11-27-23(26)29-22(14)16)17-10-19(25)20(28-13(17)2)12-32(30,31)21-7-5-4-6-18(21)24/h4-11H,3,12H2,1-2H3. The molecule has 0 fully saturated rings. The van der Waals surface area contributed by atoms with E-state index in [0.29, 0.717) is 15.1 Å². The van der Waals surface area contributed by atoms with Crippen molar-refractivity contribution in [2.75, 3.05) is 0 Å². The van der Waals surface area contributed by atoms with Gasteiger partial charge < -0.3 is 0 Å². The van der Waals surface area contributed by atoms with Crippen LogP contribution in [0.15, 0.2) is 53.6 Å². The average Bonchev–Trinajstić information content (AvgIpc) is 2.75. The van der Waals surface area contributed by atoms with Crippen LogP contribution in [0.5, 0.6) is 0 Å². The van der Waals surface area contributed by atoms with Crippen LogP contribution in [0.1, 0.15) is 23.9 Å². The molecular formula is C23H18ClFIN3O2S. The first-order chi connectivity index (χ1) is 15.2. The molecule has 9 heteroatoms. The summed E-state index contributed by atoms with van der Waals surface area (Å²) in [4.78, 5) is 13.0. The van der Waals surface area contributed by atoms with Crippen LogP contribution in [0.3, 0.4) is 0 Å². The molecule has 0 aliphatic carbocycles. The van der Waals surface area contributed by atoms with Gasteiger partial charge in [0.25, 0.3) is 0 Å². The third-order valence-corrected chi connectivity index (χ3v) is 7.80. The molecule has 0 saturated heterocycles. The lowest BCUT2D eigenvalue weighted by molar-refractivity contribution is 0.582. The van der Waals surface area contributed by atoms with Crippen molar-refractivity contribution in [3.05, 3.63) is 80.3 Å². The van der Waals surface area contributed by atoms with E-state index in [2.05, 4.69) is 37.5 Å². The maximum atomic E-state index is 15.0. The fourth-order valence-electron chi connectivity index (χ4n) is 3.60. The molecule has 2 aromatic carbocycles. The van der Waals surface area contributed by atoms with Crippen molar-refractivity contribution in [1.82, 2.24) is 15.0 Å². The second-order valence-electron chi connectivity index (χ2n) is 7.31. The summed E-state index contributed by atoms with van der Waals surface area (Å²) in [6.07, 6.45) is 2.50. The molecule has 2 heterocycles. The zero-order valence-electron chi connectivity index (χ0n) is 17.2. The van der Waals surface area contributed by atoms with Crippen molar-refractivity contribution < 1.29 is 12.8 Å². The molecule has 164 valence electrons. The summed E-state index contributed by atoms with van der Waals surface area (Å²) < 4.78 is 41.3. The Bertz CT molecular complexity index is 1460. The summed E-state index contributed by atoms with van der Waals surface area (Å²) >= 11 is 8.11. The van der Waals surface area contributed by atoms with Crippen LogP contribution in [0.25, 0.3) is 22.0 Å². The highest BCUT2D eigenvalue weighted by Crippen LogP contribution is 2.31. The van der Waals surface area contributed by atoms with Crippen LogP contribution in [-0.4, -0.2) is 23.4 Å². The number of pyridine rings is 1. The SMILES string of the molecule is CCc1cc(-c2cc(F)c(CS(=O)(=O)c3ccccc3Cl)nc2C)cc2cnc(I)nc12. The summed E-state index contributed by atoms with van der Waals surface area (Å²) in [7, 11) is -3.86. The van der Waals surface area contributed by atoms with Gasteiger partial charge in [0.2, 0.25) is 0 Å². The minimum atomic E-state index is -3.86. The zero-order chi connectivity index (χ0) is 23.0. The van der Waals surface area contributed by atoms with Crippen molar-refractivity contribution in [2.24, 2.45) is 0 Å². The van der Waals surface area contributed by atoms with E-state index in [9.17, 15) is 8.42 Å². The second kappa shape index (κ2) is 8.99. The van der Waals surface area contributed by atoms with Gasteiger partial charge in [-0.05, 0) is 54.8 Å². The highest BCUT2D eigenvalue weighted by atomic mass is 127. The van der Waals surface area contributed by atoms with E-state index < -0.39 is 21.4 Å². The third kappa shape index (κ3) is 4.49. The number of hydrogen-bond donors (Lipinski definition) is 0. The van der Waals surface area contributed by atoms with E-state index in [1.54, 1.807) is 25.3 Å². The normalized spacial score (nSPS) is 11.8. The third-order valence-electron chi connectivity index (χ3n) is 5.16. The minimum Gasteiger partial charge on any atom is -0.253 e. The number of halogens is 3. The number of fused-ring (bicyclic) bond motifs is 1. The van der Waals surface area contributed by atoms with Gasteiger partial charge in [-0.15, -0.1) is 0 Å². The van der Waals surface area contributed by atoms with Crippen LogP contribution in [-0.2, 0) is 22.0 Å². The van der Waals surface area contributed by atoms with Gasteiger partial charge in [0.15, 0.2) is 13.7 Å². The molecule has 0 aliphatic heterocycles. The van der Waals surface area contributed by atoms with Crippen molar-refractivity contribution in [2.45, 2.75) is 30.9 Å². The Morgan fingerprint density at radius 1 is 1.12 bits per heavy atom. The summed E-state index contributed by atoms with van der Waals surface area (Å²) in [5.74, 6) is -1.26. The van der Waals surface area contributed by atoms with E-state index in [0.717, 1.165) is 28.5 Å². The monoisotopic (exact) mass is 581 g/mol. The summed E-state index contributed by atoms with van der Waals surface area (Å²) in [5, 5.41) is 0.950. The molecule has 0 radical (unpaired) electrons. The van der Waals surface area contributed by atoms with Crippen molar-refractivity contribution >= 4 is 54.9 Å². The highest BCUT2D eigenvalue weighted by molar-refractivity contribution is 14.1. The molecule has 0 unspecified atom stereocenters. The van der Waals surface area contributed by atoms with Gasteiger partial charge in [-0.3, -0.25) is 4.98 Å². The maximum absolute atomic E-state index is 15.0. The van der Waals surface area contributed by atoms with Gasteiger partial charge in [-0.2, -0.15) is 0 Å². The van der Waals surface area contributed by atoms with Crippen molar-refractivity contribution in [3.8, 4) is 11.1 Å². The first-order valence-corrected chi connectivity index (χ1v) is 12.9. The number of sulfone groups is 1. The molecule has 4 aromatic rings. The fourth-order valence-corrected chi connectivity index (χ4v) is 5.84. The lowest BCUT2D eigenvalue weighted by atomic mass is 9.98. The molecule has 5 nitrogen and oxygen atoms in total. The second-order valence-corrected chi connectivity index (χ2v) is 10.6. The Balaban J connectivity index is 1.77. The number of aryl methyl sites for hydroxylation is 2. The molecule has 2 aromatic heterocycles. The highest BCUT2D eigenvalue weighted by Gasteiger charge is 2.22. The number of rotatable bonds is 5. The van der Waals surface area contributed by atoms with Crippen LogP contribution < -0.4 is 0 Å². The topological polar surface area (TPSA) is 72.8 Å². The smallest absolute Gasteiger partial charge is 0.191 e. The van der Waals surface area contributed by atoms with Gasteiger partial charge in [-0.1, -0.05) is 30.7 Å². The molecule has 0 atom stereocenters. The largest absolute Gasteiger partial charge is 0.253 e. The van der Waals surface area contributed by atoms with Crippen LogP contribution in [0, 0.1) is 16.6 Å². The molecular weight excluding hydrogens is 564 g/mol. The summed E-state index contributed by atoms with van der Waals surface area (Å²) in [6.45, 7) is 3.77. The van der Waals surface area contributed by atoms with Crippen molar-refractivity contribution in [3.63, 3.8) is 0 Å². The van der Waals surface area contributed by atoms with Gasteiger partial charge >= 0.3 is 0 Å².